The van der Waals surface area contributed by atoms with E-state index in [9.17, 15) is 15.0 Å². The number of aliphatic hydroxyl groups is 2. The Morgan fingerprint density at radius 3 is 2.39 bits per heavy atom. The van der Waals surface area contributed by atoms with Crippen LogP contribution in [0.25, 0.3) is 0 Å². The molecule has 1 aromatic carbocycles. The number of carbonyl (C=O) groups excluding carboxylic acids is 1. The van der Waals surface area contributed by atoms with Gasteiger partial charge in [0.25, 0.3) is 0 Å². The van der Waals surface area contributed by atoms with E-state index in [0.29, 0.717) is 38.1 Å². The smallest absolute Gasteiger partial charge is 0.407 e. The van der Waals surface area contributed by atoms with Gasteiger partial charge in [-0.05, 0) is 45.7 Å². The highest BCUT2D eigenvalue weighted by Gasteiger charge is 2.48. The number of carbonyl (C=O) groups is 1. The van der Waals surface area contributed by atoms with Crippen LogP contribution in [-0.2, 0) is 4.74 Å². The van der Waals surface area contributed by atoms with Crippen molar-refractivity contribution in [1.29, 1.82) is 0 Å². The normalized spacial score (nSPS) is 29.5. The Kier molecular flexibility index (Phi) is 6.47. The molecule has 7 heteroatoms. The average molecular weight is 392 g/mol. The average Bonchev–Trinajstić information content (AvgIpc) is 2.90. The number of hydrogen-bond donors (Lipinski definition) is 3. The molecule has 1 saturated carbocycles. The highest BCUT2D eigenvalue weighted by atomic mass is 16.6. The van der Waals surface area contributed by atoms with E-state index in [4.69, 9.17) is 9.47 Å². The second-order valence-corrected chi connectivity index (χ2v) is 8.71. The van der Waals surface area contributed by atoms with Gasteiger partial charge < -0.3 is 25.0 Å². The highest BCUT2D eigenvalue weighted by Crippen LogP contribution is 2.31. The van der Waals surface area contributed by atoms with Crippen molar-refractivity contribution >= 4 is 6.09 Å². The fraction of sp³-hybridized carbons (Fsp3) is 0.667. The van der Waals surface area contributed by atoms with Crippen LogP contribution in [0.4, 0.5) is 4.79 Å². The van der Waals surface area contributed by atoms with E-state index < -0.39 is 23.9 Å². The predicted octanol–water partition coefficient (Wildman–Crippen LogP) is 1.92. The van der Waals surface area contributed by atoms with Crippen molar-refractivity contribution < 1.29 is 24.5 Å². The third kappa shape index (κ3) is 5.37. The summed E-state index contributed by atoms with van der Waals surface area (Å²) in [5.41, 5.74) is -0.591. The van der Waals surface area contributed by atoms with Gasteiger partial charge in [0.2, 0.25) is 0 Å². The van der Waals surface area contributed by atoms with Crippen LogP contribution in [-0.4, -0.2) is 70.3 Å². The molecule has 28 heavy (non-hydrogen) atoms. The van der Waals surface area contributed by atoms with Crippen molar-refractivity contribution in [1.82, 2.24) is 10.2 Å². The van der Waals surface area contributed by atoms with E-state index in [1.807, 2.05) is 51.1 Å². The molecule has 2 aliphatic rings. The zero-order chi connectivity index (χ0) is 20.3. The van der Waals surface area contributed by atoms with Gasteiger partial charge in [-0.25, -0.2) is 4.79 Å². The number of likely N-dealkylation sites (tertiary alicyclic amines) is 1. The van der Waals surface area contributed by atoms with Crippen LogP contribution in [0.5, 0.6) is 5.75 Å². The largest absolute Gasteiger partial charge is 0.488 e. The Bertz CT molecular complexity index is 640. The number of rotatable bonds is 4. The molecule has 1 saturated heterocycles. The summed E-state index contributed by atoms with van der Waals surface area (Å²) in [6, 6.07) is 8.81. The summed E-state index contributed by atoms with van der Waals surface area (Å²) < 4.78 is 11.4. The molecule has 4 atom stereocenters. The second-order valence-electron chi connectivity index (χ2n) is 8.71. The molecule has 156 valence electrons. The molecule has 2 fully saturated rings. The third-order valence-electron chi connectivity index (χ3n) is 5.28. The van der Waals surface area contributed by atoms with Crippen LogP contribution in [0.3, 0.4) is 0 Å². The van der Waals surface area contributed by atoms with Crippen molar-refractivity contribution in [3.8, 4) is 5.75 Å². The van der Waals surface area contributed by atoms with Gasteiger partial charge in [-0.3, -0.25) is 4.90 Å². The van der Waals surface area contributed by atoms with Gasteiger partial charge in [0.15, 0.2) is 0 Å². The molecule has 0 aromatic heterocycles. The van der Waals surface area contributed by atoms with Gasteiger partial charge in [0, 0.05) is 19.5 Å². The van der Waals surface area contributed by atoms with Gasteiger partial charge in [-0.1, -0.05) is 18.2 Å². The quantitative estimate of drug-likeness (QED) is 0.725. The Morgan fingerprint density at radius 2 is 1.79 bits per heavy atom. The topological polar surface area (TPSA) is 91.3 Å². The van der Waals surface area contributed by atoms with Crippen LogP contribution in [0, 0.1) is 0 Å². The summed E-state index contributed by atoms with van der Waals surface area (Å²) in [6.45, 7) is 6.81. The molecule has 0 unspecified atom stereocenters. The predicted molar refractivity (Wildman–Crippen MR) is 105 cm³/mol. The first-order chi connectivity index (χ1) is 13.2. The number of ether oxygens (including phenoxy) is 2. The molecule has 1 aromatic rings. The number of aliphatic hydroxyl groups excluding tert-OH is 2. The Labute approximate surface area is 166 Å². The number of alkyl carbamates (subject to hydrolysis) is 1. The standard InChI is InChI=1S/C21H32N2O5/c1-21(2,3)28-20(26)22-16-13-17(27-15-7-5-4-6-8-15)19(25)18(16)23-11-9-14(24)10-12-23/h4-8,14,16-19,24-25H,9-13H2,1-3H3,(H,22,26)/t16-,17-,18+,19+/m1/s1. The molecule has 0 radical (unpaired) electrons. The number of nitrogens with zero attached hydrogens (tertiary/aromatic N) is 1. The second kappa shape index (κ2) is 8.68. The lowest BCUT2D eigenvalue weighted by atomic mass is 10.0. The van der Waals surface area contributed by atoms with Crippen LogP contribution < -0.4 is 10.1 Å². The summed E-state index contributed by atoms with van der Waals surface area (Å²) in [7, 11) is 0. The molecule has 1 aliphatic heterocycles. The molecular formula is C21H32N2O5. The van der Waals surface area contributed by atoms with Gasteiger partial charge >= 0.3 is 6.09 Å². The molecular weight excluding hydrogens is 360 g/mol. The minimum absolute atomic E-state index is 0.284. The molecule has 1 aliphatic carbocycles. The van der Waals surface area contributed by atoms with E-state index in [2.05, 4.69) is 10.2 Å². The lowest BCUT2D eigenvalue weighted by molar-refractivity contribution is -0.0157. The first-order valence-electron chi connectivity index (χ1n) is 10.0. The molecule has 7 nitrogen and oxygen atoms in total. The SMILES string of the molecule is CC(C)(C)OC(=O)N[C@@H]1C[C@@H](Oc2ccccc2)[C@H](O)[C@H]1N1CCC(O)CC1. The number of nitrogens with one attached hydrogen (secondary N) is 1. The maximum Gasteiger partial charge on any atom is 0.407 e. The van der Waals surface area contributed by atoms with Gasteiger partial charge in [0.05, 0.1) is 18.2 Å². The number of amides is 1. The third-order valence-corrected chi connectivity index (χ3v) is 5.28. The Balaban J connectivity index is 1.73. The summed E-state index contributed by atoms with van der Waals surface area (Å²) >= 11 is 0. The maximum absolute atomic E-state index is 12.4. The number of piperidine rings is 1. The summed E-state index contributed by atoms with van der Waals surface area (Å²) in [4.78, 5) is 14.5. The molecule has 0 bridgehead atoms. The van der Waals surface area contributed by atoms with E-state index >= 15 is 0 Å². The molecule has 0 spiro atoms. The first kappa shape index (κ1) is 20.9. The lowest BCUT2D eigenvalue weighted by Gasteiger charge is -2.38. The number of benzene rings is 1. The fourth-order valence-corrected chi connectivity index (χ4v) is 4.04. The molecule has 1 amide bonds. The van der Waals surface area contributed by atoms with Crippen molar-refractivity contribution in [2.45, 2.75) is 76.0 Å². The Hall–Kier alpha value is -1.83. The lowest BCUT2D eigenvalue weighted by Crippen LogP contribution is -2.56. The first-order valence-corrected chi connectivity index (χ1v) is 10.0. The van der Waals surface area contributed by atoms with E-state index in [1.54, 1.807) is 0 Å². The number of hydrogen-bond acceptors (Lipinski definition) is 6. The van der Waals surface area contributed by atoms with E-state index in [0.717, 1.165) is 0 Å². The van der Waals surface area contributed by atoms with Gasteiger partial charge in [-0.2, -0.15) is 0 Å². The van der Waals surface area contributed by atoms with Crippen molar-refractivity contribution in [3.05, 3.63) is 30.3 Å². The highest BCUT2D eigenvalue weighted by molar-refractivity contribution is 5.68. The fourth-order valence-electron chi connectivity index (χ4n) is 4.04. The van der Waals surface area contributed by atoms with Crippen LogP contribution in [0.2, 0.25) is 0 Å². The van der Waals surface area contributed by atoms with Gasteiger partial charge in [-0.15, -0.1) is 0 Å². The van der Waals surface area contributed by atoms with Crippen molar-refractivity contribution in [3.63, 3.8) is 0 Å². The van der Waals surface area contributed by atoms with E-state index in [-0.39, 0.29) is 18.2 Å². The van der Waals surface area contributed by atoms with Crippen molar-refractivity contribution in [2.75, 3.05) is 13.1 Å². The Morgan fingerprint density at radius 1 is 1.14 bits per heavy atom. The maximum atomic E-state index is 12.4. The zero-order valence-electron chi connectivity index (χ0n) is 16.9. The van der Waals surface area contributed by atoms with Gasteiger partial charge in [0.1, 0.15) is 23.6 Å². The number of para-hydroxylation sites is 1. The zero-order valence-corrected chi connectivity index (χ0v) is 16.9. The minimum Gasteiger partial charge on any atom is -0.488 e. The van der Waals surface area contributed by atoms with Crippen molar-refractivity contribution in [2.24, 2.45) is 0 Å². The minimum atomic E-state index is -0.754. The van der Waals surface area contributed by atoms with E-state index in [1.165, 1.54) is 0 Å². The summed E-state index contributed by atoms with van der Waals surface area (Å²) in [5, 5.41) is 23.8. The monoisotopic (exact) mass is 392 g/mol. The van der Waals surface area contributed by atoms with Crippen LogP contribution in [0.15, 0.2) is 30.3 Å². The molecule has 3 N–H and O–H groups in total. The molecule has 1 heterocycles. The van der Waals surface area contributed by atoms with Crippen LogP contribution in [0.1, 0.15) is 40.0 Å². The summed E-state index contributed by atoms with van der Waals surface area (Å²) in [6.07, 6.45) is -0.178. The van der Waals surface area contributed by atoms with Crippen LogP contribution >= 0.6 is 0 Å². The molecule has 3 rings (SSSR count). The summed E-state index contributed by atoms with van der Waals surface area (Å²) in [5.74, 6) is 0.692.